The minimum atomic E-state index is -0.563. The number of nitrogens with zero attached hydrogens (tertiary/aromatic N) is 1. The number of urea groups is 1. The van der Waals surface area contributed by atoms with Gasteiger partial charge in [0.15, 0.2) is 0 Å². The molecule has 1 N–H and O–H groups in total. The van der Waals surface area contributed by atoms with Crippen LogP contribution in [0.5, 0.6) is 11.5 Å². The lowest BCUT2D eigenvalue weighted by Crippen LogP contribution is -2.44. The van der Waals surface area contributed by atoms with E-state index in [0.29, 0.717) is 35.8 Å². The molecule has 0 saturated carbocycles. The van der Waals surface area contributed by atoms with Crippen molar-refractivity contribution in [1.82, 2.24) is 4.90 Å². The molecular weight excluding hydrogens is 335 g/mol. The number of amides is 2. The molecule has 1 aliphatic heterocycles. The van der Waals surface area contributed by atoms with Gasteiger partial charge in [-0.1, -0.05) is 0 Å². The van der Waals surface area contributed by atoms with Crippen molar-refractivity contribution >= 4 is 11.7 Å². The van der Waals surface area contributed by atoms with Gasteiger partial charge in [0, 0.05) is 17.3 Å². The Hall–Kier alpha value is -2.76. The van der Waals surface area contributed by atoms with Crippen LogP contribution in [-0.2, 0) is 6.54 Å². The number of hydrogen-bond donors (Lipinski definition) is 1. The Bertz CT molecular complexity index is 836. The molecule has 138 valence electrons. The summed E-state index contributed by atoms with van der Waals surface area (Å²) in [4.78, 5) is 14.5. The molecular formula is C20H23FN2O3. The van der Waals surface area contributed by atoms with Gasteiger partial charge in [0.05, 0.1) is 20.2 Å². The van der Waals surface area contributed by atoms with Gasteiger partial charge >= 0.3 is 6.03 Å². The third-order valence-electron chi connectivity index (χ3n) is 4.31. The summed E-state index contributed by atoms with van der Waals surface area (Å²) in [7, 11) is 1.61. The zero-order chi connectivity index (χ0) is 18.9. The summed E-state index contributed by atoms with van der Waals surface area (Å²) >= 11 is 0. The molecule has 6 heteroatoms. The van der Waals surface area contributed by atoms with Gasteiger partial charge in [-0.2, -0.15) is 0 Å². The van der Waals surface area contributed by atoms with E-state index < -0.39 is 5.60 Å². The smallest absolute Gasteiger partial charge is 0.322 e. The van der Waals surface area contributed by atoms with Gasteiger partial charge in [-0.05, 0) is 56.7 Å². The molecule has 0 radical (unpaired) electrons. The molecule has 2 aromatic carbocycles. The maximum atomic E-state index is 13.3. The molecule has 1 heterocycles. The minimum Gasteiger partial charge on any atom is -0.497 e. The normalized spacial score (nSPS) is 15.5. The number of carbonyl (C=O) groups is 1. The number of halogens is 1. The topological polar surface area (TPSA) is 50.8 Å². The number of benzene rings is 2. The monoisotopic (exact) mass is 358 g/mol. The molecule has 0 bridgehead atoms. The van der Waals surface area contributed by atoms with E-state index in [4.69, 9.17) is 9.47 Å². The Morgan fingerprint density at radius 3 is 2.73 bits per heavy atom. The summed E-state index contributed by atoms with van der Waals surface area (Å²) in [5, 5.41) is 2.87. The second-order valence-corrected chi connectivity index (χ2v) is 7.08. The van der Waals surface area contributed by atoms with Crippen LogP contribution in [0.25, 0.3) is 0 Å². The van der Waals surface area contributed by atoms with Crippen molar-refractivity contribution in [2.24, 2.45) is 0 Å². The largest absolute Gasteiger partial charge is 0.497 e. The average molecular weight is 358 g/mol. The summed E-state index contributed by atoms with van der Waals surface area (Å²) in [6.07, 6.45) is 0. The van der Waals surface area contributed by atoms with E-state index in [1.807, 2.05) is 32.0 Å². The van der Waals surface area contributed by atoms with Crippen LogP contribution >= 0.6 is 0 Å². The maximum absolute atomic E-state index is 13.3. The van der Waals surface area contributed by atoms with Gasteiger partial charge in [-0.3, -0.25) is 0 Å². The van der Waals surface area contributed by atoms with Crippen LogP contribution in [-0.4, -0.2) is 30.2 Å². The highest BCUT2D eigenvalue weighted by Gasteiger charge is 2.32. The predicted molar refractivity (Wildman–Crippen MR) is 98.3 cm³/mol. The number of ether oxygens (including phenoxy) is 2. The molecule has 0 atom stereocenters. The van der Waals surface area contributed by atoms with Crippen molar-refractivity contribution in [2.45, 2.75) is 32.9 Å². The minimum absolute atomic E-state index is 0.250. The maximum Gasteiger partial charge on any atom is 0.322 e. The fraction of sp³-hybridized carbons (Fsp3) is 0.350. The van der Waals surface area contributed by atoms with Crippen LogP contribution in [0, 0.1) is 12.7 Å². The van der Waals surface area contributed by atoms with Crippen LogP contribution in [0.4, 0.5) is 14.9 Å². The Morgan fingerprint density at radius 2 is 2.04 bits per heavy atom. The lowest BCUT2D eigenvalue weighted by atomic mass is 10.1. The molecule has 0 saturated heterocycles. The highest BCUT2D eigenvalue weighted by atomic mass is 19.1. The Balaban J connectivity index is 1.85. The molecule has 2 amide bonds. The molecule has 0 aromatic heterocycles. The van der Waals surface area contributed by atoms with Crippen LogP contribution in [0.1, 0.15) is 25.0 Å². The van der Waals surface area contributed by atoms with Gasteiger partial charge in [0.2, 0.25) is 0 Å². The third kappa shape index (κ3) is 3.90. The van der Waals surface area contributed by atoms with E-state index in [0.717, 1.165) is 5.56 Å². The zero-order valence-corrected chi connectivity index (χ0v) is 15.4. The van der Waals surface area contributed by atoms with Crippen LogP contribution in [0.2, 0.25) is 0 Å². The number of rotatable bonds is 2. The second kappa shape index (κ2) is 6.86. The lowest BCUT2D eigenvalue weighted by molar-refractivity contribution is 0.0833. The van der Waals surface area contributed by atoms with Crippen molar-refractivity contribution in [2.75, 3.05) is 19.0 Å². The van der Waals surface area contributed by atoms with Crippen molar-refractivity contribution < 1.29 is 18.7 Å². The first-order valence-electron chi connectivity index (χ1n) is 8.45. The van der Waals surface area contributed by atoms with Gasteiger partial charge in [-0.15, -0.1) is 0 Å². The number of hydrogen-bond acceptors (Lipinski definition) is 3. The zero-order valence-electron chi connectivity index (χ0n) is 15.4. The molecule has 5 nitrogen and oxygen atoms in total. The first-order valence-corrected chi connectivity index (χ1v) is 8.45. The highest BCUT2D eigenvalue weighted by molar-refractivity contribution is 5.90. The molecule has 0 unspecified atom stereocenters. The van der Waals surface area contributed by atoms with E-state index in [1.54, 1.807) is 25.0 Å². The quantitative estimate of drug-likeness (QED) is 0.868. The molecule has 0 fully saturated rings. The van der Waals surface area contributed by atoms with Gasteiger partial charge in [0.25, 0.3) is 0 Å². The number of fused-ring (bicyclic) bond motifs is 1. The fourth-order valence-corrected chi connectivity index (χ4v) is 3.04. The van der Waals surface area contributed by atoms with E-state index in [1.165, 1.54) is 12.1 Å². The van der Waals surface area contributed by atoms with Crippen LogP contribution in [0.15, 0.2) is 36.4 Å². The first kappa shape index (κ1) is 18.0. The average Bonchev–Trinajstić information content (AvgIpc) is 2.71. The number of nitrogens with one attached hydrogen (secondary N) is 1. The van der Waals surface area contributed by atoms with Crippen molar-refractivity contribution in [3.05, 3.63) is 53.3 Å². The van der Waals surface area contributed by atoms with E-state index in [2.05, 4.69) is 5.32 Å². The number of carbonyl (C=O) groups excluding carboxylic acids is 1. The molecule has 1 aliphatic rings. The van der Waals surface area contributed by atoms with Crippen LogP contribution in [0.3, 0.4) is 0 Å². The van der Waals surface area contributed by atoms with Gasteiger partial charge in [-0.25, -0.2) is 9.18 Å². The van der Waals surface area contributed by atoms with E-state index in [9.17, 15) is 9.18 Å². The van der Waals surface area contributed by atoms with Crippen LogP contribution < -0.4 is 14.8 Å². The third-order valence-corrected chi connectivity index (χ3v) is 4.31. The second-order valence-electron chi connectivity index (χ2n) is 7.08. The Kier molecular flexibility index (Phi) is 4.76. The van der Waals surface area contributed by atoms with E-state index >= 15 is 0 Å². The first-order chi connectivity index (χ1) is 12.3. The van der Waals surface area contributed by atoms with E-state index in [-0.39, 0.29) is 11.8 Å². The summed E-state index contributed by atoms with van der Waals surface area (Å²) in [6, 6.07) is 9.63. The lowest BCUT2D eigenvalue weighted by Gasteiger charge is -2.29. The predicted octanol–water partition coefficient (Wildman–Crippen LogP) is 4.35. The fourth-order valence-electron chi connectivity index (χ4n) is 3.04. The molecule has 26 heavy (non-hydrogen) atoms. The van der Waals surface area contributed by atoms with Crippen molar-refractivity contribution in [3.8, 4) is 11.5 Å². The Morgan fingerprint density at radius 1 is 1.27 bits per heavy atom. The Labute approximate surface area is 152 Å². The van der Waals surface area contributed by atoms with Gasteiger partial charge in [0.1, 0.15) is 22.9 Å². The summed E-state index contributed by atoms with van der Waals surface area (Å²) in [6.45, 7) is 6.46. The highest BCUT2D eigenvalue weighted by Crippen LogP contribution is 2.33. The summed E-state index contributed by atoms with van der Waals surface area (Å²) in [5.41, 5.74) is 1.61. The number of aryl methyl sites for hydroxylation is 1. The van der Waals surface area contributed by atoms with Crippen molar-refractivity contribution in [1.29, 1.82) is 0 Å². The number of anilines is 1. The standard InChI is InChI=1S/C20H23FN2O3/c1-13-9-15(21)6-8-17(13)22-19(24)23-11-14-5-7-16(25-4)10-18(14)26-20(2,3)12-23/h5-10H,11-12H2,1-4H3,(H,22,24). The summed E-state index contributed by atoms with van der Waals surface area (Å²) < 4.78 is 24.6. The molecule has 0 spiro atoms. The SMILES string of the molecule is COc1ccc2c(c1)OC(C)(C)CN(C(=O)Nc1ccc(F)cc1C)C2. The van der Waals surface area contributed by atoms with Gasteiger partial charge < -0.3 is 19.7 Å². The molecule has 2 aromatic rings. The molecule has 3 rings (SSSR count). The number of methoxy groups -OCH3 is 1. The molecule has 0 aliphatic carbocycles. The van der Waals surface area contributed by atoms with Crippen molar-refractivity contribution in [3.63, 3.8) is 0 Å². The summed E-state index contributed by atoms with van der Waals surface area (Å²) in [5.74, 6) is 1.09.